The van der Waals surface area contributed by atoms with Crippen LogP contribution in [0, 0.1) is 57.7 Å². The van der Waals surface area contributed by atoms with Crippen molar-refractivity contribution in [2.45, 2.75) is 110 Å². The van der Waals surface area contributed by atoms with E-state index in [0.29, 0.717) is 23.4 Å². The molecular weight excluding hydrogens is 406 g/mol. The van der Waals surface area contributed by atoms with Crippen molar-refractivity contribution in [1.82, 2.24) is 9.78 Å². The molecule has 0 amide bonds. The summed E-state index contributed by atoms with van der Waals surface area (Å²) in [6.45, 7) is 9.94. The first kappa shape index (κ1) is 23.4. The van der Waals surface area contributed by atoms with Crippen LogP contribution < -0.4 is 0 Å². The second-order valence-corrected chi connectivity index (χ2v) is 13.3. The van der Waals surface area contributed by atoms with E-state index in [-0.39, 0.29) is 5.41 Å². The second kappa shape index (κ2) is 8.40. The Bertz CT molecular complexity index is 899. The van der Waals surface area contributed by atoms with Gasteiger partial charge in [-0.25, -0.2) is 0 Å². The number of aliphatic hydroxyl groups is 1. The quantitative estimate of drug-likeness (QED) is 0.550. The molecule has 4 nitrogen and oxygen atoms in total. The lowest BCUT2D eigenvalue weighted by Gasteiger charge is -2.58. The lowest BCUT2D eigenvalue weighted by molar-refractivity contribution is -0.119. The van der Waals surface area contributed by atoms with Crippen molar-refractivity contribution in [3.8, 4) is 6.07 Å². The third-order valence-electron chi connectivity index (χ3n) is 11.2. The Morgan fingerprint density at radius 1 is 1.12 bits per heavy atom. The zero-order chi connectivity index (χ0) is 23.4. The lowest BCUT2D eigenvalue weighted by atomic mass is 9.47. The third kappa shape index (κ3) is 3.97. The minimum Gasteiger partial charge on any atom is -0.388 e. The van der Waals surface area contributed by atoms with Crippen molar-refractivity contribution in [1.29, 1.82) is 5.26 Å². The molecule has 33 heavy (non-hydrogen) atoms. The van der Waals surface area contributed by atoms with Crippen LogP contribution in [0.4, 0.5) is 0 Å². The van der Waals surface area contributed by atoms with Crippen LogP contribution in [0.15, 0.2) is 12.4 Å². The average Bonchev–Trinajstić information content (AvgIpc) is 3.36. The van der Waals surface area contributed by atoms with Crippen molar-refractivity contribution >= 4 is 0 Å². The zero-order valence-electron chi connectivity index (χ0n) is 21.4. The Morgan fingerprint density at radius 2 is 1.91 bits per heavy atom. The Labute approximate surface area is 201 Å². The molecular formula is C29H45N3O. The number of aromatic nitrogens is 2. The molecule has 0 radical (unpaired) electrons. The van der Waals surface area contributed by atoms with Gasteiger partial charge in [-0.15, -0.1) is 0 Å². The summed E-state index contributed by atoms with van der Waals surface area (Å²) >= 11 is 0. The molecule has 0 spiro atoms. The molecule has 4 aliphatic rings. The second-order valence-electron chi connectivity index (χ2n) is 13.3. The smallest absolute Gasteiger partial charge is 0.102 e. The van der Waals surface area contributed by atoms with Gasteiger partial charge in [0, 0.05) is 6.20 Å². The van der Waals surface area contributed by atoms with Gasteiger partial charge in [0.1, 0.15) is 6.07 Å². The molecule has 0 unspecified atom stereocenters. The van der Waals surface area contributed by atoms with E-state index in [1.807, 2.05) is 6.92 Å². The van der Waals surface area contributed by atoms with Crippen LogP contribution in [0.2, 0.25) is 0 Å². The van der Waals surface area contributed by atoms with Crippen LogP contribution in [0.25, 0.3) is 0 Å². The number of nitrogens with zero attached hydrogens (tertiary/aromatic N) is 3. The van der Waals surface area contributed by atoms with Crippen LogP contribution in [0.3, 0.4) is 0 Å². The van der Waals surface area contributed by atoms with E-state index in [2.05, 4.69) is 31.9 Å². The number of fused-ring (bicyclic) bond motifs is 5. The monoisotopic (exact) mass is 451 g/mol. The highest BCUT2D eigenvalue weighted by atomic mass is 16.3. The molecule has 1 heterocycles. The zero-order valence-corrected chi connectivity index (χ0v) is 21.4. The standard InChI is InChI=1S/C29H45N3O/c1-5-12-27(2)13-10-22-21(15-27)6-7-24-23(22)11-14-28(3)25(24)8-9-26(28)29(4,33)19-32-18-20(16-30)17-31-32/h17-18,21-26,33H,5-15,19H2,1-4H3/t21-,22+,23-,24-,25+,26+,27+,28+,29-/m1/s1. The first-order valence-electron chi connectivity index (χ1n) is 13.8. The third-order valence-corrected chi connectivity index (χ3v) is 11.2. The van der Waals surface area contributed by atoms with Gasteiger partial charge in [-0.05, 0) is 117 Å². The van der Waals surface area contributed by atoms with Crippen LogP contribution in [0.1, 0.15) is 104 Å². The SMILES string of the molecule is CCC[C@@]1(C)CC[C@H]2[C@H](CC[C@@H]3[C@@H]2CC[C@@]2(C)[C@H]3CC[C@@H]2[C@](C)(O)Cn2cc(C#N)cn2)C1. The predicted molar refractivity (Wildman–Crippen MR) is 131 cm³/mol. The number of rotatable bonds is 5. The fourth-order valence-corrected chi connectivity index (χ4v) is 9.99. The largest absolute Gasteiger partial charge is 0.388 e. The first-order chi connectivity index (χ1) is 15.7. The lowest BCUT2D eigenvalue weighted by Crippen LogP contribution is -2.53. The van der Waals surface area contributed by atoms with E-state index in [1.165, 1.54) is 64.2 Å². The summed E-state index contributed by atoms with van der Waals surface area (Å²) < 4.78 is 1.78. The van der Waals surface area contributed by atoms with E-state index in [4.69, 9.17) is 5.26 Å². The maximum absolute atomic E-state index is 11.7. The molecule has 4 heteroatoms. The number of hydrogen-bond acceptors (Lipinski definition) is 3. The molecule has 1 aromatic heterocycles. The van der Waals surface area contributed by atoms with Crippen LogP contribution >= 0.6 is 0 Å². The summed E-state index contributed by atoms with van der Waals surface area (Å²) in [6, 6.07) is 2.16. The molecule has 182 valence electrons. The maximum atomic E-state index is 11.7. The predicted octanol–water partition coefficient (Wildman–Crippen LogP) is 6.58. The molecule has 1 N–H and O–H groups in total. The highest BCUT2D eigenvalue weighted by Gasteiger charge is 2.60. The Morgan fingerprint density at radius 3 is 2.64 bits per heavy atom. The summed E-state index contributed by atoms with van der Waals surface area (Å²) in [6.07, 6.45) is 18.4. The average molecular weight is 452 g/mol. The number of nitriles is 1. The fourth-order valence-electron chi connectivity index (χ4n) is 9.99. The van der Waals surface area contributed by atoms with E-state index in [0.717, 1.165) is 36.0 Å². The van der Waals surface area contributed by atoms with E-state index >= 15 is 0 Å². The molecule has 4 aliphatic carbocycles. The Hall–Kier alpha value is -1.34. The molecule has 0 aliphatic heterocycles. The summed E-state index contributed by atoms with van der Waals surface area (Å²) in [4.78, 5) is 0. The summed E-state index contributed by atoms with van der Waals surface area (Å²) in [7, 11) is 0. The molecule has 4 fully saturated rings. The van der Waals surface area contributed by atoms with Gasteiger partial charge < -0.3 is 5.11 Å². The minimum atomic E-state index is -0.793. The minimum absolute atomic E-state index is 0.230. The van der Waals surface area contributed by atoms with E-state index in [9.17, 15) is 5.11 Å². The molecule has 4 saturated carbocycles. The maximum Gasteiger partial charge on any atom is 0.102 e. The van der Waals surface area contributed by atoms with Gasteiger partial charge >= 0.3 is 0 Å². The molecule has 0 saturated heterocycles. The molecule has 0 bridgehead atoms. The fraction of sp³-hybridized carbons (Fsp3) is 0.862. The summed E-state index contributed by atoms with van der Waals surface area (Å²) in [5.74, 6) is 4.81. The molecule has 5 rings (SSSR count). The molecule has 1 aromatic rings. The number of hydrogen-bond donors (Lipinski definition) is 1. The summed E-state index contributed by atoms with van der Waals surface area (Å²) in [5, 5.41) is 25.2. The van der Waals surface area contributed by atoms with Gasteiger partial charge in [-0.3, -0.25) is 4.68 Å². The van der Waals surface area contributed by atoms with Crippen LogP contribution in [-0.2, 0) is 6.54 Å². The van der Waals surface area contributed by atoms with Gasteiger partial charge in [-0.2, -0.15) is 10.4 Å². The van der Waals surface area contributed by atoms with E-state index < -0.39 is 5.60 Å². The van der Waals surface area contributed by atoms with Gasteiger partial charge in [-0.1, -0.05) is 27.2 Å². The van der Waals surface area contributed by atoms with Gasteiger partial charge in [0.05, 0.1) is 23.9 Å². The van der Waals surface area contributed by atoms with Gasteiger partial charge in [0.15, 0.2) is 0 Å². The van der Waals surface area contributed by atoms with Gasteiger partial charge in [0.25, 0.3) is 0 Å². The van der Waals surface area contributed by atoms with Crippen molar-refractivity contribution in [3.63, 3.8) is 0 Å². The molecule has 9 atom stereocenters. The highest BCUT2D eigenvalue weighted by Crippen LogP contribution is 2.66. The van der Waals surface area contributed by atoms with Crippen molar-refractivity contribution in [3.05, 3.63) is 18.0 Å². The van der Waals surface area contributed by atoms with Crippen LogP contribution in [-0.4, -0.2) is 20.5 Å². The van der Waals surface area contributed by atoms with Gasteiger partial charge in [0.2, 0.25) is 0 Å². The van der Waals surface area contributed by atoms with E-state index in [1.54, 1.807) is 17.1 Å². The normalized spacial score (nSPS) is 44.2. The molecule has 0 aromatic carbocycles. The first-order valence-corrected chi connectivity index (χ1v) is 13.8. The topological polar surface area (TPSA) is 61.8 Å². The summed E-state index contributed by atoms with van der Waals surface area (Å²) in [5.41, 5.74) is 0.606. The van der Waals surface area contributed by atoms with Crippen molar-refractivity contribution in [2.75, 3.05) is 0 Å². The van der Waals surface area contributed by atoms with Crippen LogP contribution in [0.5, 0.6) is 0 Å². The highest BCUT2D eigenvalue weighted by molar-refractivity contribution is 5.21. The Balaban J connectivity index is 1.31. The van der Waals surface area contributed by atoms with Crippen molar-refractivity contribution in [2.24, 2.45) is 46.3 Å². The van der Waals surface area contributed by atoms with Crippen molar-refractivity contribution < 1.29 is 5.11 Å². The Kier molecular flexibility index (Phi) is 5.96.